The Morgan fingerprint density at radius 1 is 1.15 bits per heavy atom. The number of aliphatic hydroxyl groups excluding tert-OH is 1. The van der Waals surface area contributed by atoms with Crippen LogP contribution in [-0.2, 0) is 6.54 Å². The highest BCUT2D eigenvalue weighted by molar-refractivity contribution is 5.79. The zero-order chi connectivity index (χ0) is 19.6. The fraction of sp³-hybridized carbons (Fsp3) is 0.381. The molecule has 0 aromatic heterocycles. The zero-order valence-electron chi connectivity index (χ0n) is 16.2. The first-order valence-corrected chi connectivity index (χ1v) is 9.18. The minimum Gasteiger partial charge on any atom is -0.396 e. The first-order chi connectivity index (χ1) is 13.0. The molecule has 0 heterocycles. The van der Waals surface area contributed by atoms with E-state index in [0.717, 1.165) is 17.7 Å². The molecule has 2 rings (SSSR count). The predicted octanol–water partition coefficient (Wildman–Crippen LogP) is 2.72. The summed E-state index contributed by atoms with van der Waals surface area (Å²) < 4.78 is 14.1. The molecule has 27 heavy (non-hydrogen) atoms. The number of benzene rings is 2. The van der Waals surface area contributed by atoms with Crippen LogP contribution >= 0.6 is 0 Å². The van der Waals surface area contributed by atoms with Gasteiger partial charge in [0.1, 0.15) is 5.82 Å². The van der Waals surface area contributed by atoms with Crippen molar-refractivity contribution in [2.45, 2.75) is 19.4 Å². The largest absolute Gasteiger partial charge is 0.396 e. The van der Waals surface area contributed by atoms with Gasteiger partial charge in [-0.25, -0.2) is 9.38 Å². The minimum atomic E-state index is -0.255. The van der Waals surface area contributed by atoms with Gasteiger partial charge >= 0.3 is 0 Å². The summed E-state index contributed by atoms with van der Waals surface area (Å²) in [6, 6.07) is 15.0. The van der Waals surface area contributed by atoms with Crippen molar-refractivity contribution in [2.75, 3.05) is 38.7 Å². The normalized spacial score (nSPS) is 12.6. The van der Waals surface area contributed by atoms with Crippen molar-refractivity contribution < 1.29 is 9.50 Å². The van der Waals surface area contributed by atoms with Crippen LogP contribution in [0.2, 0.25) is 0 Å². The quantitative estimate of drug-likeness (QED) is 0.493. The van der Waals surface area contributed by atoms with Gasteiger partial charge in [0, 0.05) is 33.1 Å². The lowest BCUT2D eigenvalue weighted by atomic mass is 10.0. The van der Waals surface area contributed by atoms with Crippen LogP contribution in [0.5, 0.6) is 0 Å². The van der Waals surface area contributed by atoms with Gasteiger partial charge in [-0.1, -0.05) is 36.4 Å². The van der Waals surface area contributed by atoms with Crippen molar-refractivity contribution in [3.63, 3.8) is 0 Å². The lowest BCUT2D eigenvalue weighted by molar-refractivity contribution is 0.265. The van der Waals surface area contributed by atoms with Crippen molar-refractivity contribution in [3.05, 3.63) is 65.5 Å². The molecule has 6 heteroatoms. The third kappa shape index (κ3) is 6.25. The number of aliphatic imine (C=N–C) groups is 1. The molecular formula is C21H29FN4O. The molecule has 2 aromatic rings. The van der Waals surface area contributed by atoms with E-state index in [1.807, 2.05) is 57.4 Å². The summed E-state index contributed by atoms with van der Waals surface area (Å²) in [5.74, 6) is 0.367. The number of nitrogens with one attached hydrogen (secondary N) is 2. The number of anilines is 1. The van der Waals surface area contributed by atoms with Gasteiger partial charge in [0.15, 0.2) is 5.96 Å². The van der Waals surface area contributed by atoms with Gasteiger partial charge in [0.25, 0.3) is 0 Å². The number of nitrogens with zero attached hydrogens (tertiary/aromatic N) is 2. The maximum absolute atomic E-state index is 14.1. The summed E-state index contributed by atoms with van der Waals surface area (Å²) >= 11 is 0. The number of hydrogen-bond donors (Lipinski definition) is 3. The van der Waals surface area contributed by atoms with Crippen LogP contribution in [0.15, 0.2) is 53.5 Å². The Bertz CT molecular complexity index is 734. The van der Waals surface area contributed by atoms with Crippen LogP contribution in [0.3, 0.4) is 0 Å². The van der Waals surface area contributed by atoms with Crippen molar-refractivity contribution in [3.8, 4) is 0 Å². The molecular weight excluding hydrogens is 343 g/mol. The highest BCUT2D eigenvalue weighted by Crippen LogP contribution is 2.18. The fourth-order valence-electron chi connectivity index (χ4n) is 2.76. The molecule has 0 saturated carbocycles. The van der Waals surface area contributed by atoms with Gasteiger partial charge < -0.3 is 20.6 Å². The Kier molecular flexibility index (Phi) is 8.07. The molecule has 0 aliphatic rings. The van der Waals surface area contributed by atoms with Crippen molar-refractivity contribution in [2.24, 2.45) is 4.99 Å². The number of guanidine groups is 1. The third-order valence-electron chi connectivity index (χ3n) is 4.27. The van der Waals surface area contributed by atoms with Crippen molar-refractivity contribution in [1.29, 1.82) is 0 Å². The molecule has 1 atom stereocenters. The summed E-state index contributed by atoms with van der Waals surface area (Å²) in [5, 5.41) is 16.1. The smallest absolute Gasteiger partial charge is 0.191 e. The second-order valence-corrected chi connectivity index (χ2v) is 6.55. The maximum Gasteiger partial charge on any atom is 0.191 e. The summed E-state index contributed by atoms with van der Waals surface area (Å²) in [6.45, 7) is 3.68. The topological polar surface area (TPSA) is 59.9 Å². The van der Waals surface area contributed by atoms with E-state index >= 15 is 0 Å². The SMILES string of the molecule is CCNC(=NCc1ccc(N(C)C)c(F)c1)NCC(CO)c1ccccc1. The van der Waals surface area contributed by atoms with Crippen LogP contribution in [0.4, 0.5) is 10.1 Å². The first kappa shape index (κ1) is 20.7. The van der Waals surface area contributed by atoms with E-state index < -0.39 is 0 Å². The lowest BCUT2D eigenvalue weighted by Gasteiger charge is -2.18. The fourth-order valence-corrected chi connectivity index (χ4v) is 2.76. The summed E-state index contributed by atoms with van der Waals surface area (Å²) in [7, 11) is 3.63. The van der Waals surface area contributed by atoms with Crippen LogP contribution in [-0.4, -0.2) is 44.9 Å². The number of aliphatic hydroxyl groups is 1. The average molecular weight is 372 g/mol. The van der Waals surface area contributed by atoms with E-state index in [9.17, 15) is 9.50 Å². The molecule has 0 spiro atoms. The zero-order valence-corrected chi connectivity index (χ0v) is 16.2. The van der Waals surface area contributed by atoms with Gasteiger partial charge in [-0.3, -0.25) is 0 Å². The second kappa shape index (κ2) is 10.5. The Morgan fingerprint density at radius 2 is 1.89 bits per heavy atom. The molecule has 0 amide bonds. The molecule has 0 saturated heterocycles. The van der Waals surface area contributed by atoms with Gasteiger partial charge in [0.05, 0.1) is 18.8 Å². The van der Waals surface area contributed by atoms with Gasteiger partial charge in [-0.15, -0.1) is 0 Å². The van der Waals surface area contributed by atoms with Crippen LogP contribution in [0.1, 0.15) is 24.0 Å². The molecule has 0 radical (unpaired) electrons. The van der Waals surface area contributed by atoms with Crippen molar-refractivity contribution >= 4 is 11.6 Å². The van der Waals surface area contributed by atoms with Crippen LogP contribution in [0.25, 0.3) is 0 Å². The first-order valence-electron chi connectivity index (χ1n) is 9.18. The molecule has 1 unspecified atom stereocenters. The van der Waals surface area contributed by atoms with Gasteiger partial charge in [0.2, 0.25) is 0 Å². The Balaban J connectivity index is 2.02. The lowest BCUT2D eigenvalue weighted by Crippen LogP contribution is -2.39. The minimum absolute atomic E-state index is 0.0214. The monoisotopic (exact) mass is 372 g/mol. The summed E-state index contributed by atoms with van der Waals surface area (Å²) in [4.78, 5) is 6.27. The van der Waals surface area contributed by atoms with E-state index in [4.69, 9.17) is 0 Å². The number of hydrogen-bond acceptors (Lipinski definition) is 3. The van der Waals surface area contributed by atoms with Gasteiger partial charge in [-0.05, 0) is 30.2 Å². The second-order valence-electron chi connectivity index (χ2n) is 6.55. The molecule has 0 aliphatic heterocycles. The number of rotatable bonds is 8. The standard InChI is InChI=1S/C21H29FN4O/c1-4-23-21(25-14-18(15-27)17-8-6-5-7-9-17)24-13-16-10-11-20(26(2)3)19(22)12-16/h5-12,18,27H,4,13-15H2,1-3H3,(H2,23,24,25). The molecule has 0 fully saturated rings. The number of halogens is 1. The highest BCUT2D eigenvalue weighted by Gasteiger charge is 2.11. The Labute approximate surface area is 160 Å². The Morgan fingerprint density at radius 3 is 2.48 bits per heavy atom. The van der Waals surface area contributed by atoms with E-state index in [-0.39, 0.29) is 18.3 Å². The highest BCUT2D eigenvalue weighted by atomic mass is 19.1. The molecule has 5 nitrogen and oxygen atoms in total. The van der Waals surface area contributed by atoms with E-state index in [1.54, 1.807) is 11.0 Å². The summed E-state index contributed by atoms with van der Waals surface area (Å²) in [5.41, 5.74) is 2.43. The Hall–Kier alpha value is -2.60. The van der Waals surface area contributed by atoms with Crippen LogP contribution < -0.4 is 15.5 Å². The molecule has 2 aromatic carbocycles. The average Bonchev–Trinajstić information content (AvgIpc) is 2.67. The maximum atomic E-state index is 14.1. The van der Waals surface area contributed by atoms with E-state index in [0.29, 0.717) is 24.7 Å². The van der Waals surface area contributed by atoms with Crippen molar-refractivity contribution in [1.82, 2.24) is 10.6 Å². The molecule has 146 valence electrons. The van der Waals surface area contributed by atoms with E-state index in [2.05, 4.69) is 15.6 Å². The molecule has 3 N–H and O–H groups in total. The third-order valence-corrected chi connectivity index (χ3v) is 4.27. The molecule has 0 aliphatic carbocycles. The summed E-state index contributed by atoms with van der Waals surface area (Å²) in [6.07, 6.45) is 0. The van der Waals surface area contributed by atoms with Gasteiger partial charge in [-0.2, -0.15) is 0 Å². The van der Waals surface area contributed by atoms with Crippen LogP contribution in [0, 0.1) is 5.82 Å². The predicted molar refractivity (Wildman–Crippen MR) is 110 cm³/mol. The molecule has 0 bridgehead atoms. The van der Waals surface area contributed by atoms with E-state index in [1.165, 1.54) is 6.07 Å².